The van der Waals surface area contributed by atoms with Gasteiger partial charge < -0.3 is 26.0 Å². The molecule has 1 aliphatic rings. The Kier molecular flexibility index (Phi) is 5.88. The molecular formula is C24H22ClN3O4. The minimum absolute atomic E-state index is 0.138. The number of fused-ring (bicyclic) bond motifs is 1. The maximum atomic E-state index is 12.2. The fourth-order valence-corrected chi connectivity index (χ4v) is 3.68. The minimum Gasteiger partial charge on any atom is -0.480 e. The van der Waals surface area contributed by atoms with Crippen LogP contribution in [0.4, 0.5) is 5.82 Å². The van der Waals surface area contributed by atoms with Crippen molar-refractivity contribution in [2.75, 3.05) is 12.3 Å². The Morgan fingerprint density at radius 2 is 1.97 bits per heavy atom. The number of nitrogens with two attached hydrogens (primary N) is 1. The van der Waals surface area contributed by atoms with E-state index in [0.717, 1.165) is 16.7 Å². The molecule has 8 heteroatoms. The number of rotatable bonds is 5. The van der Waals surface area contributed by atoms with Gasteiger partial charge in [-0.1, -0.05) is 41.4 Å². The van der Waals surface area contributed by atoms with Crippen molar-refractivity contribution in [1.82, 2.24) is 10.3 Å². The molecule has 0 spiro atoms. The summed E-state index contributed by atoms with van der Waals surface area (Å²) >= 11 is 6.38. The molecule has 5 N–H and O–H groups in total. The first-order chi connectivity index (χ1) is 15.2. The van der Waals surface area contributed by atoms with Crippen molar-refractivity contribution in [3.63, 3.8) is 0 Å². The van der Waals surface area contributed by atoms with Crippen molar-refractivity contribution in [3.8, 4) is 16.9 Å². The summed E-state index contributed by atoms with van der Waals surface area (Å²) in [6.07, 6.45) is 3.30. The fourth-order valence-electron chi connectivity index (χ4n) is 3.42. The van der Waals surface area contributed by atoms with Gasteiger partial charge in [-0.05, 0) is 54.0 Å². The highest BCUT2D eigenvalue weighted by Crippen LogP contribution is 2.46. The van der Waals surface area contributed by atoms with E-state index in [-0.39, 0.29) is 22.9 Å². The number of hydrogen-bond acceptors (Lipinski definition) is 6. The third kappa shape index (κ3) is 4.45. The van der Waals surface area contributed by atoms with Crippen LogP contribution in [0.3, 0.4) is 0 Å². The number of ether oxygens (including phenoxy) is 1. The standard InChI is InChI=1S/C24H22ClN3O4/c1-14-2-6-16(7-3-14)17-10-18-23(19(25)11-17)32-20(24(18,30)31)13-28-22(29)9-5-15-4-8-21(26)27-12-15/h2-12,20,30-31H,13H2,1H3,(H2,26,27)(H,28,29)/b9-5+. The van der Waals surface area contributed by atoms with Crippen molar-refractivity contribution in [2.45, 2.75) is 18.8 Å². The van der Waals surface area contributed by atoms with E-state index in [1.165, 1.54) is 12.3 Å². The van der Waals surface area contributed by atoms with Gasteiger partial charge in [0.05, 0.1) is 17.1 Å². The summed E-state index contributed by atoms with van der Waals surface area (Å²) in [5.41, 5.74) is 9.12. The van der Waals surface area contributed by atoms with Gasteiger partial charge in [-0.25, -0.2) is 4.98 Å². The second kappa shape index (κ2) is 8.63. The van der Waals surface area contributed by atoms with Crippen molar-refractivity contribution >= 4 is 29.4 Å². The number of carbonyl (C=O) groups is 1. The summed E-state index contributed by atoms with van der Waals surface area (Å²) in [4.78, 5) is 16.1. The van der Waals surface area contributed by atoms with E-state index in [1.807, 2.05) is 31.2 Å². The Morgan fingerprint density at radius 3 is 2.66 bits per heavy atom. The fraction of sp³-hybridized carbons (Fsp3) is 0.167. The molecule has 164 valence electrons. The number of amides is 1. The summed E-state index contributed by atoms with van der Waals surface area (Å²) in [5.74, 6) is -2.17. The number of nitrogens with one attached hydrogen (secondary N) is 1. The number of aromatic nitrogens is 1. The summed E-state index contributed by atoms with van der Waals surface area (Å²) in [6, 6.07) is 14.5. The molecule has 0 radical (unpaired) electrons. The monoisotopic (exact) mass is 451 g/mol. The topological polar surface area (TPSA) is 118 Å². The summed E-state index contributed by atoms with van der Waals surface area (Å²) in [6.45, 7) is 1.85. The normalized spacial score (nSPS) is 16.6. The maximum Gasteiger partial charge on any atom is 0.244 e. The number of halogens is 1. The minimum atomic E-state index is -2.32. The Balaban J connectivity index is 1.47. The Labute approximate surface area is 190 Å². The average Bonchev–Trinajstić information content (AvgIpc) is 3.03. The molecule has 1 unspecified atom stereocenters. The number of carbonyl (C=O) groups excluding carboxylic acids is 1. The zero-order valence-corrected chi connectivity index (χ0v) is 18.0. The quantitative estimate of drug-likeness (QED) is 0.350. The molecule has 0 saturated heterocycles. The number of nitrogen functional groups attached to an aromatic ring is 1. The van der Waals surface area contributed by atoms with Crippen LogP contribution in [0.2, 0.25) is 5.02 Å². The van der Waals surface area contributed by atoms with Gasteiger partial charge in [0.2, 0.25) is 11.7 Å². The number of pyridine rings is 1. The first kappa shape index (κ1) is 21.8. The molecule has 32 heavy (non-hydrogen) atoms. The molecule has 3 aromatic rings. The SMILES string of the molecule is Cc1ccc(-c2cc(Cl)c3c(c2)C(O)(O)C(CNC(=O)/C=C/c2ccc(N)nc2)O3)cc1. The van der Waals surface area contributed by atoms with E-state index in [0.29, 0.717) is 11.4 Å². The molecule has 1 atom stereocenters. The Hall–Kier alpha value is -3.39. The Morgan fingerprint density at radius 1 is 1.22 bits per heavy atom. The van der Waals surface area contributed by atoms with Crippen LogP contribution in [0.15, 0.2) is 60.8 Å². The maximum absolute atomic E-state index is 12.2. The third-order valence-corrected chi connectivity index (χ3v) is 5.51. The molecule has 1 amide bonds. The van der Waals surface area contributed by atoms with Crippen molar-refractivity contribution in [1.29, 1.82) is 0 Å². The van der Waals surface area contributed by atoms with Gasteiger partial charge in [0.1, 0.15) is 11.6 Å². The molecule has 1 aromatic heterocycles. The van der Waals surface area contributed by atoms with Crippen LogP contribution in [-0.2, 0) is 10.6 Å². The molecule has 1 aliphatic heterocycles. The van der Waals surface area contributed by atoms with E-state index < -0.39 is 17.8 Å². The van der Waals surface area contributed by atoms with Gasteiger partial charge in [0, 0.05) is 12.3 Å². The van der Waals surface area contributed by atoms with E-state index >= 15 is 0 Å². The number of anilines is 1. The van der Waals surface area contributed by atoms with Gasteiger partial charge >= 0.3 is 0 Å². The van der Waals surface area contributed by atoms with Crippen LogP contribution in [-0.4, -0.2) is 33.8 Å². The van der Waals surface area contributed by atoms with Crippen LogP contribution in [0.1, 0.15) is 16.7 Å². The zero-order valence-electron chi connectivity index (χ0n) is 17.2. The van der Waals surface area contributed by atoms with Gasteiger partial charge in [-0.3, -0.25) is 4.79 Å². The third-order valence-electron chi connectivity index (χ3n) is 5.23. The van der Waals surface area contributed by atoms with Gasteiger partial charge in [-0.15, -0.1) is 0 Å². The Bertz CT molecular complexity index is 1180. The highest BCUT2D eigenvalue weighted by atomic mass is 35.5. The van der Waals surface area contributed by atoms with E-state index in [1.54, 1.807) is 30.3 Å². The number of benzene rings is 2. The number of aliphatic hydroxyl groups is 2. The lowest BCUT2D eigenvalue weighted by Crippen LogP contribution is -2.45. The molecule has 7 nitrogen and oxygen atoms in total. The summed E-state index contributed by atoms with van der Waals surface area (Å²) in [7, 11) is 0. The molecule has 0 saturated carbocycles. The van der Waals surface area contributed by atoms with Crippen molar-refractivity contribution in [2.24, 2.45) is 0 Å². The molecule has 2 heterocycles. The second-order valence-electron chi connectivity index (χ2n) is 7.63. The first-order valence-corrected chi connectivity index (χ1v) is 10.3. The van der Waals surface area contributed by atoms with E-state index in [2.05, 4.69) is 10.3 Å². The predicted octanol–water partition coefficient (Wildman–Crippen LogP) is 3.02. The lowest BCUT2D eigenvalue weighted by atomic mass is 9.96. The van der Waals surface area contributed by atoms with Crippen molar-refractivity contribution < 1.29 is 19.7 Å². The molecule has 2 aromatic carbocycles. The molecule has 0 bridgehead atoms. The van der Waals surface area contributed by atoms with Gasteiger partial charge in [0.25, 0.3) is 0 Å². The highest BCUT2D eigenvalue weighted by Gasteiger charge is 2.47. The molecule has 0 aliphatic carbocycles. The summed E-state index contributed by atoms with van der Waals surface area (Å²) in [5, 5.41) is 24.4. The van der Waals surface area contributed by atoms with Gasteiger partial charge in [0.15, 0.2) is 6.10 Å². The smallest absolute Gasteiger partial charge is 0.244 e. The predicted molar refractivity (Wildman–Crippen MR) is 123 cm³/mol. The lowest BCUT2D eigenvalue weighted by molar-refractivity contribution is -0.207. The van der Waals surface area contributed by atoms with Crippen LogP contribution in [0.5, 0.6) is 5.75 Å². The number of nitrogens with zero attached hydrogens (tertiary/aromatic N) is 1. The lowest BCUT2D eigenvalue weighted by Gasteiger charge is -2.23. The van der Waals surface area contributed by atoms with Crippen LogP contribution in [0, 0.1) is 6.92 Å². The van der Waals surface area contributed by atoms with E-state index in [9.17, 15) is 15.0 Å². The van der Waals surface area contributed by atoms with Crippen LogP contribution >= 0.6 is 11.6 Å². The zero-order chi connectivity index (χ0) is 22.9. The van der Waals surface area contributed by atoms with Crippen molar-refractivity contribution in [3.05, 3.63) is 82.5 Å². The number of hydrogen-bond donors (Lipinski definition) is 4. The average molecular weight is 452 g/mol. The highest BCUT2D eigenvalue weighted by molar-refractivity contribution is 6.32. The van der Waals surface area contributed by atoms with Crippen LogP contribution in [0.25, 0.3) is 17.2 Å². The molecule has 4 rings (SSSR count). The summed E-state index contributed by atoms with van der Waals surface area (Å²) < 4.78 is 5.69. The molecule has 0 fully saturated rings. The second-order valence-corrected chi connectivity index (χ2v) is 8.04. The first-order valence-electron chi connectivity index (χ1n) is 9.94. The number of aryl methyl sites for hydroxylation is 1. The largest absolute Gasteiger partial charge is 0.480 e. The van der Waals surface area contributed by atoms with Crippen LogP contribution < -0.4 is 15.8 Å². The van der Waals surface area contributed by atoms with E-state index in [4.69, 9.17) is 22.1 Å². The van der Waals surface area contributed by atoms with Gasteiger partial charge in [-0.2, -0.15) is 0 Å². The molecular weight excluding hydrogens is 430 g/mol.